The van der Waals surface area contributed by atoms with Crippen molar-refractivity contribution in [1.29, 1.82) is 0 Å². The van der Waals surface area contributed by atoms with Gasteiger partial charge in [0.25, 0.3) is 0 Å². The number of anilines is 1. The number of H-pyrrole nitrogens is 1. The fourth-order valence-electron chi connectivity index (χ4n) is 3.24. The van der Waals surface area contributed by atoms with Gasteiger partial charge in [-0.25, -0.2) is 9.97 Å². The number of benzene rings is 1. The largest absolute Gasteiger partial charge is 0.497 e. The fraction of sp³-hybridized carbons (Fsp3) is 0.368. The van der Waals surface area contributed by atoms with E-state index in [0.29, 0.717) is 12.5 Å². The molecule has 1 saturated heterocycles. The summed E-state index contributed by atoms with van der Waals surface area (Å²) in [6.07, 6.45) is 1.03. The number of ether oxygens (including phenoxy) is 2. The van der Waals surface area contributed by atoms with E-state index >= 15 is 0 Å². The Labute approximate surface area is 146 Å². The van der Waals surface area contributed by atoms with Gasteiger partial charge in [0.1, 0.15) is 17.4 Å². The second-order valence-corrected chi connectivity index (χ2v) is 6.39. The molecule has 1 aliphatic heterocycles. The lowest BCUT2D eigenvalue weighted by atomic mass is 10.0. The lowest BCUT2D eigenvalue weighted by Crippen LogP contribution is -2.08. The third-order valence-electron chi connectivity index (χ3n) is 4.55. The van der Waals surface area contributed by atoms with Gasteiger partial charge in [-0.1, -0.05) is 0 Å². The number of nitrogens with zero attached hydrogens (tertiary/aromatic N) is 2. The number of fused-ring (bicyclic) bond motifs is 1. The Balaban J connectivity index is 1.50. The van der Waals surface area contributed by atoms with Gasteiger partial charge in [-0.15, -0.1) is 0 Å². The van der Waals surface area contributed by atoms with Gasteiger partial charge in [0, 0.05) is 35.2 Å². The van der Waals surface area contributed by atoms with E-state index in [2.05, 4.69) is 26.3 Å². The Morgan fingerprint density at radius 3 is 3.00 bits per heavy atom. The summed E-state index contributed by atoms with van der Waals surface area (Å²) in [6, 6.07) is 10.2. The van der Waals surface area contributed by atoms with E-state index in [1.807, 2.05) is 31.2 Å². The minimum absolute atomic E-state index is 0.378. The molecule has 0 aliphatic carbocycles. The van der Waals surface area contributed by atoms with Crippen molar-refractivity contribution < 1.29 is 9.47 Å². The number of rotatable bonds is 5. The predicted molar refractivity (Wildman–Crippen MR) is 97.1 cm³/mol. The number of hydrogen-bond acceptors (Lipinski definition) is 5. The molecule has 0 amide bonds. The molecule has 0 radical (unpaired) electrons. The maximum Gasteiger partial charge on any atom is 0.130 e. The monoisotopic (exact) mass is 338 g/mol. The van der Waals surface area contributed by atoms with Crippen LogP contribution in [0.2, 0.25) is 0 Å². The zero-order chi connectivity index (χ0) is 17.2. The van der Waals surface area contributed by atoms with Crippen LogP contribution in [0.5, 0.6) is 5.75 Å². The molecule has 1 aromatic carbocycles. The van der Waals surface area contributed by atoms with Crippen LogP contribution in [0, 0.1) is 6.92 Å². The quantitative estimate of drug-likeness (QED) is 0.746. The summed E-state index contributed by atoms with van der Waals surface area (Å²) in [5.41, 5.74) is 3.26. The van der Waals surface area contributed by atoms with Crippen LogP contribution in [0.25, 0.3) is 10.9 Å². The number of hydrogen-bond donors (Lipinski definition) is 2. The molecule has 3 heterocycles. The number of methoxy groups -OCH3 is 1. The first-order chi connectivity index (χ1) is 12.2. The first-order valence-corrected chi connectivity index (χ1v) is 8.54. The summed E-state index contributed by atoms with van der Waals surface area (Å²) in [4.78, 5) is 12.5. The highest BCUT2D eigenvalue weighted by Crippen LogP contribution is 2.25. The molecule has 130 valence electrons. The summed E-state index contributed by atoms with van der Waals surface area (Å²) in [6.45, 7) is 4.17. The standard InChI is InChI=1S/C19H22N4O2/c1-12-21-18(13-5-6-25-11-13)9-19(22-12)20-10-15-7-14-8-16(24-2)3-4-17(14)23-15/h3-4,7-9,13,23H,5-6,10-11H2,1-2H3,(H,20,21,22). The van der Waals surface area contributed by atoms with Crippen molar-refractivity contribution in [3.05, 3.63) is 47.5 Å². The Morgan fingerprint density at radius 2 is 2.20 bits per heavy atom. The molecule has 4 rings (SSSR count). The van der Waals surface area contributed by atoms with Crippen molar-refractivity contribution in [1.82, 2.24) is 15.0 Å². The first kappa shape index (κ1) is 15.9. The molecule has 1 fully saturated rings. The van der Waals surface area contributed by atoms with Gasteiger partial charge in [-0.05, 0) is 37.6 Å². The zero-order valence-corrected chi connectivity index (χ0v) is 14.5. The first-order valence-electron chi connectivity index (χ1n) is 8.54. The van der Waals surface area contributed by atoms with Crippen molar-refractivity contribution >= 4 is 16.7 Å². The minimum Gasteiger partial charge on any atom is -0.497 e. The van der Waals surface area contributed by atoms with E-state index in [9.17, 15) is 0 Å². The van der Waals surface area contributed by atoms with Crippen molar-refractivity contribution in [3.63, 3.8) is 0 Å². The predicted octanol–water partition coefficient (Wildman–Crippen LogP) is 3.39. The molecule has 3 aromatic rings. The number of aryl methyl sites for hydroxylation is 1. The summed E-state index contributed by atoms with van der Waals surface area (Å²) in [5.74, 6) is 2.88. The Kier molecular flexibility index (Phi) is 4.28. The van der Waals surface area contributed by atoms with Gasteiger partial charge in [0.05, 0.1) is 26.0 Å². The molecule has 2 aromatic heterocycles. The van der Waals surface area contributed by atoms with Crippen LogP contribution in [0.15, 0.2) is 30.3 Å². The molecular formula is C19H22N4O2. The summed E-state index contributed by atoms with van der Waals surface area (Å²) < 4.78 is 10.8. The van der Waals surface area contributed by atoms with Crippen molar-refractivity contribution in [3.8, 4) is 5.75 Å². The van der Waals surface area contributed by atoms with Crippen LogP contribution in [-0.2, 0) is 11.3 Å². The molecule has 0 bridgehead atoms. The second-order valence-electron chi connectivity index (χ2n) is 6.39. The van der Waals surface area contributed by atoms with E-state index in [0.717, 1.165) is 59.3 Å². The summed E-state index contributed by atoms with van der Waals surface area (Å²) >= 11 is 0. The van der Waals surface area contributed by atoms with E-state index in [-0.39, 0.29) is 0 Å². The third-order valence-corrected chi connectivity index (χ3v) is 4.55. The highest BCUT2D eigenvalue weighted by atomic mass is 16.5. The van der Waals surface area contributed by atoms with Gasteiger partial charge < -0.3 is 19.8 Å². The normalized spacial score (nSPS) is 17.1. The Morgan fingerprint density at radius 1 is 1.28 bits per heavy atom. The van der Waals surface area contributed by atoms with Crippen LogP contribution in [-0.4, -0.2) is 35.3 Å². The molecule has 6 nitrogen and oxygen atoms in total. The van der Waals surface area contributed by atoms with E-state index in [1.54, 1.807) is 7.11 Å². The van der Waals surface area contributed by atoms with Crippen molar-refractivity contribution in [2.75, 3.05) is 25.6 Å². The molecule has 1 atom stereocenters. The average Bonchev–Trinajstić information content (AvgIpc) is 3.28. The van der Waals surface area contributed by atoms with Crippen LogP contribution in [0.1, 0.15) is 29.6 Å². The maximum atomic E-state index is 5.48. The van der Waals surface area contributed by atoms with E-state index in [1.165, 1.54) is 0 Å². The SMILES string of the molecule is COc1ccc2[nH]c(CNc3cc(C4CCOC4)nc(C)n3)cc2c1. The number of aromatic nitrogens is 3. The smallest absolute Gasteiger partial charge is 0.130 e. The van der Waals surface area contributed by atoms with Crippen molar-refractivity contribution in [2.24, 2.45) is 0 Å². The Hall–Kier alpha value is -2.60. The van der Waals surface area contributed by atoms with Gasteiger partial charge in [-0.3, -0.25) is 0 Å². The van der Waals surface area contributed by atoms with E-state index in [4.69, 9.17) is 9.47 Å². The molecule has 6 heteroatoms. The van der Waals surface area contributed by atoms with E-state index < -0.39 is 0 Å². The topological polar surface area (TPSA) is 72.1 Å². The molecule has 1 unspecified atom stereocenters. The summed E-state index contributed by atoms with van der Waals surface area (Å²) in [5, 5.41) is 4.54. The molecule has 25 heavy (non-hydrogen) atoms. The van der Waals surface area contributed by atoms with Gasteiger partial charge in [-0.2, -0.15) is 0 Å². The van der Waals surface area contributed by atoms with Gasteiger partial charge >= 0.3 is 0 Å². The van der Waals surface area contributed by atoms with Crippen LogP contribution >= 0.6 is 0 Å². The minimum atomic E-state index is 0.378. The second kappa shape index (κ2) is 6.72. The van der Waals surface area contributed by atoms with Crippen molar-refractivity contribution in [2.45, 2.75) is 25.8 Å². The molecule has 1 aliphatic rings. The molecule has 0 saturated carbocycles. The average molecular weight is 338 g/mol. The fourth-order valence-corrected chi connectivity index (χ4v) is 3.24. The van der Waals surface area contributed by atoms with Crippen LogP contribution in [0.4, 0.5) is 5.82 Å². The zero-order valence-electron chi connectivity index (χ0n) is 14.5. The summed E-state index contributed by atoms with van der Waals surface area (Å²) in [7, 11) is 1.68. The van der Waals surface area contributed by atoms with Gasteiger partial charge in [0.2, 0.25) is 0 Å². The molecule has 2 N–H and O–H groups in total. The van der Waals surface area contributed by atoms with Crippen LogP contribution < -0.4 is 10.1 Å². The number of aromatic amines is 1. The lowest BCUT2D eigenvalue weighted by Gasteiger charge is -2.11. The van der Waals surface area contributed by atoms with Crippen LogP contribution in [0.3, 0.4) is 0 Å². The highest BCUT2D eigenvalue weighted by Gasteiger charge is 2.20. The third kappa shape index (κ3) is 3.44. The molecule has 0 spiro atoms. The highest BCUT2D eigenvalue weighted by molar-refractivity contribution is 5.82. The Bertz CT molecular complexity index is 884. The lowest BCUT2D eigenvalue weighted by molar-refractivity contribution is 0.193. The maximum absolute atomic E-state index is 5.48. The number of nitrogens with one attached hydrogen (secondary N) is 2. The molecular weight excluding hydrogens is 316 g/mol. The van der Waals surface area contributed by atoms with Gasteiger partial charge in [0.15, 0.2) is 0 Å².